The Kier molecular flexibility index (Phi) is 5.52. The van der Waals surface area contributed by atoms with Crippen molar-refractivity contribution in [1.29, 1.82) is 0 Å². The summed E-state index contributed by atoms with van der Waals surface area (Å²) in [5, 5.41) is 22.3. The lowest BCUT2D eigenvalue weighted by Crippen LogP contribution is -2.49. The van der Waals surface area contributed by atoms with Gasteiger partial charge in [-0.2, -0.15) is 0 Å². The third-order valence-electron chi connectivity index (χ3n) is 9.67. The van der Waals surface area contributed by atoms with Crippen LogP contribution in [0, 0.1) is 48.8 Å². The molecule has 1 aromatic carbocycles. The predicted molar refractivity (Wildman–Crippen MR) is 125 cm³/mol. The number of nitro benzene ring substituents is 2. The van der Waals surface area contributed by atoms with Crippen molar-refractivity contribution >= 4 is 17.3 Å². The van der Waals surface area contributed by atoms with E-state index in [1.807, 2.05) is 0 Å². The molecule has 5 rings (SSSR count). The summed E-state index contributed by atoms with van der Waals surface area (Å²) in [5.74, 6) is 1.51. The zero-order chi connectivity index (χ0) is 24.3. The summed E-state index contributed by atoms with van der Waals surface area (Å²) in [5.41, 5.74) is 0.893. The lowest BCUT2D eigenvalue weighted by molar-refractivity contribution is -0.394. The van der Waals surface area contributed by atoms with E-state index in [2.05, 4.69) is 19.9 Å². The highest BCUT2D eigenvalue weighted by Gasteiger charge is 2.56. The smallest absolute Gasteiger partial charge is 0.338 e. The van der Waals surface area contributed by atoms with Gasteiger partial charge >= 0.3 is 5.97 Å². The summed E-state index contributed by atoms with van der Waals surface area (Å²) in [7, 11) is 0. The molecule has 8 heteroatoms. The highest BCUT2D eigenvalue weighted by atomic mass is 16.6. The number of allylic oxidation sites excluding steroid dienone is 1. The quantitative estimate of drug-likeness (QED) is 0.219. The molecule has 0 aromatic heterocycles. The molecule has 0 saturated heterocycles. The van der Waals surface area contributed by atoms with Gasteiger partial charge in [-0.25, -0.2) is 4.79 Å². The van der Waals surface area contributed by atoms with Crippen molar-refractivity contribution in [2.24, 2.45) is 28.6 Å². The van der Waals surface area contributed by atoms with Crippen molar-refractivity contribution in [2.45, 2.75) is 77.7 Å². The highest BCUT2D eigenvalue weighted by molar-refractivity contribution is 5.91. The van der Waals surface area contributed by atoms with Gasteiger partial charge in [0.25, 0.3) is 11.4 Å². The average Bonchev–Trinajstić information content (AvgIpc) is 3.20. The molecule has 34 heavy (non-hydrogen) atoms. The Bertz CT molecular complexity index is 1050. The van der Waals surface area contributed by atoms with Crippen molar-refractivity contribution in [3.63, 3.8) is 0 Å². The van der Waals surface area contributed by atoms with Gasteiger partial charge in [-0.05, 0) is 73.5 Å². The van der Waals surface area contributed by atoms with Gasteiger partial charge in [0.2, 0.25) is 0 Å². The molecule has 3 fully saturated rings. The fourth-order valence-corrected chi connectivity index (χ4v) is 7.86. The number of nitro groups is 2. The highest BCUT2D eigenvalue weighted by Crippen LogP contribution is 2.64. The van der Waals surface area contributed by atoms with Crippen LogP contribution < -0.4 is 0 Å². The minimum absolute atomic E-state index is 0.139. The van der Waals surface area contributed by atoms with Crippen molar-refractivity contribution in [1.82, 2.24) is 0 Å². The number of carbonyl (C=O) groups excluding carboxylic acids is 1. The van der Waals surface area contributed by atoms with Crippen molar-refractivity contribution in [2.75, 3.05) is 0 Å². The molecule has 1 aromatic rings. The van der Waals surface area contributed by atoms with E-state index in [9.17, 15) is 25.0 Å². The lowest BCUT2D eigenvalue weighted by Gasteiger charge is -2.57. The van der Waals surface area contributed by atoms with E-state index in [4.69, 9.17) is 4.74 Å². The van der Waals surface area contributed by atoms with Crippen LogP contribution in [0.1, 0.15) is 82.0 Å². The number of carbonyl (C=O) groups is 1. The number of hydrogen-bond donors (Lipinski definition) is 0. The van der Waals surface area contributed by atoms with Gasteiger partial charge < -0.3 is 4.74 Å². The first-order chi connectivity index (χ1) is 16.1. The van der Waals surface area contributed by atoms with Gasteiger partial charge in [-0.3, -0.25) is 20.2 Å². The van der Waals surface area contributed by atoms with Gasteiger partial charge in [-0.15, -0.1) is 0 Å². The Labute approximate surface area is 199 Å². The maximum Gasteiger partial charge on any atom is 0.338 e. The molecule has 0 radical (unpaired) electrons. The number of benzene rings is 1. The largest absolute Gasteiger partial charge is 0.458 e. The van der Waals surface area contributed by atoms with Crippen LogP contribution in [-0.2, 0) is 4.74 Å². The van der Waals surface area contributed by atoms with Gasteiger partial charge in [0.15, 0.2) is 0 Å². The van der Waals surface area contributed by atoms with E-state index in [-0.39, 0.29) is 17.1 Å². The standard InChI is InChI=1S/C26H32N2O6/c1-25-9-3-4-22(25)21-6-5-17-14-20(7-11-26(17,2)23(21)8-10-25)34-24(29)16-12-18(27(30)31)15-19(13-16)28(32)33/h5,12-13,15,20-23H,3-4,6-11,14H2,1-2H3/t20-,21-,22-,23-,25-,26-/m0/s1. The first-order valence-electron chi connectivity index (χ1n) is 12.4. The van der Waals surface area contributed by atoms with Gasteiger partial charge in [0.1, 0.15) is 6.10 Å². The number of fused-ring (bicyclic) bond motifs is 5. The lowest BCUT2D eigenvalue weighted by atomic mass is 9.48. The SMILES string of the molecule is C[C@@]12CCC[C@H]1[C@@H]1CC=C3C[C@@H](OC(=O)c4cc([N+](=O)[O-])cc([N+](=O)[O-])c4)CC[C@]3(C)[C@H]1CC2. The number of ether oxygens (including phenoxy) is 1. The summed E-state index contributed by atoms with van der Waals surface area (Å²) in [6.45, 7) is 4.90. The van der Waals surface area contributed by atoms with E-state index in [0.717, 1.165) is 49.3 Å². The second-order valence-corrected chi connectivity index (χ2v) is 11.4. The normalized spacial score (nSPS) is 36.5. The van der Waals surface area contributed by atoms with Gasteiger partial charge in [0, 0.05) is 18.6 Å². The maximum absolute atomic E-state index is 12.8. The van der Waals surface area contributed by atoms with E-state index in [1.165, 1.54) is 37.7 Å². The van der Waals surface area contributed by atoms with Gasteiger partial charge in [-0.1, -0.05) is 31.9 Å². The first-order valence-corrected chi connectivity index (χ1v) is 12.4. The third-order valence-corrected chi connectivity index (χ3v) is 9.67. The Morgan fingerprint density at radius 2 is 1.68 bits per heavy atom. The molecule has 3 saturated carbocycles. The van der Waals surface area contributed by atoms with E-state index >= 15 is 0 Å². The summed E-state index contributed by atoms with van der Waals surface area (Å²) in [4.78, 5) is 33.7. The van der Waals surface area contributed by atoms with Crippen LogP contribution in [0.25, 0.3) is 0 Å². The summed E-state index contributed by atoms with van der Waals surface area (Å²) >= 11 is 0. The van der Waals surface area contributed by atoms with Crippen LogP contribution in [0.3, 0.4) is 0 Å². The van der Waals surface area contributed by atoms with Gasteiger partial charge in [0.05, 0.1) is 21.5 Å². The zero-order valence-electron chi connectivity index (χ0n) is 19.8. The van der Waals surface area contributed by atoms with Crippen molar-refractivity contribution in [3.8, 4) is 0 Å². The number of esters is 1. The molecule has 4 aliphatic carbocycles. The van der Waals surface area contributed by atoms with Crippen LogP contribution in [0.2, 0.25) is 0 Å². The zero-order valence-corrected chi connectivity index (χ0v) is 19.8. The number of nitrogens with zero attached hydrogens (tertiary/aromatic N) is 2. The third kappa shape index (κ3) is 3.71. The van der Waals surface area contributed by atoms with E-state index < -0.39 is 27.2 Å². The molecule has 0 unspecified atom stereocenters. The van der Waals surface area contributed by atoms with Crippen LogP contribution in [0.15, 0.2) is 29.8 Å². The number of non-ortho nitro benzene ring substituents is 2. The van der Waals surface area contributed by atoms with Crippen molar-refractivity contribution < 1.29 is 19.4 Å². The molecule has 4 aliphatic rings. The van der Waals surface area contributed by atoms with E-state index in [0.29, 0.717) is 17.8 Å². The molecule has 6 atom stereocenters. The molecule has 0 bridgehead atoms. The van der Waals surface area contributed by atoms with Crippen LogP contribution in [0.5, 0.6) is 0 Å². The molecule has 0 N–H and O–H groups in total. The predicted octanol–water partition coefficient (Wildman–Crippen LogP) is 6.38. The Morgan fingerprint density at radius 1 is 0.971 bits per heavy atom. The average molecular weight is 469 g/mol. The second-order valence-electron chi connectivity index (χ2n) is 11.4. The number of hydrogen-bond acceptors (Lipinski definition) is 6. The monoisotopic (exact) mass is 468 g/mol. The maximum atomic E-state index is 12.8. The molecule has 0 heterocycles. The summed E-state index contributed by atoms with van der Waals surface area (Å²) < 4.78 is 5.74. The molecule has 0 aliphatic heterocycles. The Hall–Kier alpha value is -2.77. The summed E-state index contributed by atoms with van der Waals surface area (Å²) in [6, 6.07) is 2.95. The molecule has 0 amide bonds. The molecule has 8 nitrogen and oxygen atoms in total. The molecular weight excluding hydrogens is 436 g/mol. The van der Waals surface area contributed by atoms with E-state index in [1.54, 1.807) is 0 Å². The minimum atomic E-state index is -0.742. The van der Waals surface area contributed by atoms with Crippen LogP contribution in [0.4, 0.5) is 11.4 Å². The topological polar surface area (TPSA) is 113 Å². The molecule has 0 spiro atoms. The van der Waals surface area contributed by atoms with Crippen molar-refractivity contribution in [3.05, 3.63) is 55.6 Å². The fraction of sp³-hybridized carbons (Fsp3) is 0.654. The summed E-state index contributed by atoms with van der Waals surface area (Å²) in [6.07, 6.45) is 12.2. The fourth-order valence-electron chi connectivity index (χ4n) is 7.86. The Morgan fingerprint density at radius 3 is 2.35 bits per heavy atom. The van der Waals surface area contributed by atoms with Crippen LogP contribution in [-0.4, -0.2) is 21.9 Å². The Balaban J connectivity index is 1.32. The minimum Gasteiger partial charge on any atom is -0.458 e. The second kappa shape index (κ2) is 8.17. The van der Waals surface area contributed by atoms with Crippen LogP contribution >= 0.6 is 0 Å². The molecule has 182 valence electrons. The molecular formula is C26H32N2O6. The first kappa shape index (κ1) is 23.0. The number of rotatable bonds is 4.